The average Bonchev–Trinajstić information content (AvgIpc) is 3.21. The van der Waals surface area contributed by atoms with Crippen LogP contribution in [0.2, 0.25) is 0 Å². The van der Waals surface area contributed by atoms with Gasteiger partial charge in [-0.25, -0.2) is 9.78 Å². The highest BCUT2D eigenvalue weighted by Crippen LogP contribution is 2.18. The number of amides is 2. The summed E-state index contributed by atoms with van der Waals surface area (Å²) in [6.45, 7) is 1.41. The Hall–Kier alpha value is -3.60. The van der Waals surface area contributed by atoms with Gasteiger partial charge in [-0.15, -0.1) is 0 Å². The van der Waals surface area contributed by atoms with Gasteiger partial charge in [0.05, 0.1) is 23.4 Å². The van der Waals surface area contributed by atoms with Crippen LogP contribution in [0.1, 0.15) is 23.6 Å². The summed E-state index contributed by atoms with van der Waals surface area (Å²) in [5.74, 6) is 0. The van der Waals surface area contributed by atoms with E-state index in [1.807, 2.05) is 60.9 Å². The fraction of sp³-hybridized carbons (Fsp3) is 0.200. The summed E-state index contributed by atoms with van der Waals surface area (Å²) >= 11 is 0. The quantitative estimate of drug-likeness (QED) is 0.422. The number of imidazole rings is 1. The summed E-state index contributed by atoms with van der Waals surface area (Å²) in [5, 5.41) is 6.13. The lowest BCUT2D eigenvalue weighted by atomic mass is 9.99. The van der Waals surface area contributed by atoms with Crippen molar-refractivity contribution in [2.24, 2.45) is 0 Å². The summed E-state index contributed by atoms with van der Waals surface area (Å²) in [7, 11) is 0. The fourth-order valence-corrected chi connectivity index (χ4v) is 3.64. The van der Waals surface area contributed by atoms with Crippen molar-refractivity contribution in [3.8, 4) is 0 Å². The predicted molar refractivity (Wildman–Crippen MR) is 120 cm³/mol. The first-order valence-corrected chi connectivity index (χ1v) is 10.3. The normalized spacial score (nSPS) is 11.9. The minimum absolute atomic E-state index is 0.0776. The minimum atomic E-state index is -0.143. The molecule has 3 aromatic carbocycles. The second kappa shape index (κ2) is 9.74. The Balaban J connectivity index is 1.31. The lowest BCUT2D eigenvalue weighted by Crippen LogP contribution is -2.39. The summed E-state index contributed by atoms with van der Waals surface area (Å²) < 4.78 is 2.12. The van der Waals surface area contributed by atoms with Crippen molar-refractivity contribution in [3.05, 3.63) is 102 Å². The Morgan fingerprint density at radius 2 is 1.60 bits per heavy atom. The van der Waals surface area contributed by atoms with Crippen LogP contribution in [0.15, 0.2) is 91.3 Å². The molecule has 4 rings (SSSR count). The van der Waals surface area contributed by atoms with Gasteiger partial charge in [-0.3, -0.25) is 0 Å². The molecule has 0 saturated heterocycles. The van der Waals surface area contributed by atoms with Crippen molar-refractivity contribution >= 4 is 17.1 Å². The molecule has 2 amide bonds. The second-order valence-corrected chi connectivity index (χ2v) is 7.33. The third kappa shape index (κ3) is 5.06. The van der Waals surface area contributed by atoms with E-state index >= 15 is 0 Å². The molecule has 0 aliphatic heterocycles. The van der Waals surface area contributed by atoms with Gasteiger partial charge in [-0.05, 0) is 36.1 Å². The van der Waals surface area contributed by atoms with E-state index in [2.05, 4.69) is 50.5 Å². The molecule has 2 N–H and O–H groups in total. The third-order valence-electron chi connectivity index (χ3n) is 5.18. The van der Waals surface area contributed by atoms with Crippen LogP contribution in [0.25, 0.3) is 11.0 Å². The van der Waals surface area contributed by atoms with Crippen LogP contribution in [0.4, 0.5) is 4.79 Å². The van der Waals surface area contributed by atoms with Gasteiger partial charge >= 0.3 is 6.03 Å². The summed E-state index contributed by atoms with van der Waals surface area (Å²) in [6, 6.07) is 28.2. The molecule has 1 aromatic heterocycles. The zero-order chi connectivity index (χ0) is 20.6. The Kier molecular flexibility index (Phi) is 6.40. The number of aryl methyl sites for hydroxylation is 1. The molecular weight excluding hydrogens is 372 g/mol. The van der Waals surface area contributed by atoms with Gasteiger partial charge in [0, 0.05) is 13.1 Å². The van der Waals surface area contributed by atoms with Crippen LogP contribution >= 0.6 is 0 Å². The number of aromatic nitrogens is 2. The van der Waals surface area contributed by atoms with Gasteiger partial charge in [-0.2, -0.15) is 0 Å². The number of nitrogens with one attached hydrogen (secondary N) is 2. The highest BCUT2D eigenvalue weighted by atomic mass is 16.2. The fourth-order valence-electron chi connectivity index (χ4n) is 3.64. The van der Waals surface area contributed by atoms with Crippen molar-refractivity contribution in [2.45, 2.75) is 25.4 Å². The molecule has 0 spiro atoms. The van der Waals surface area contributed by atoms with Crippen LogP contribution in [-0.2, 0) is 13.0 Å². The lowest BCUT2D eigenvalue weighted by molar-refractivity contribution is 0.236. The standard InChI is InChI=1S/C25H26N4O/c30-25(26-16-9-17-29-19-27-22-14-7-8-15-24(22)29)28-23(21-12-5-2-6-13-21)18-20-10-3-1-4-11-20/h1-8,10-15,19,23H,9,16-18H2,(H2,26,28,30). The number of carbonyl (C=O) groups is 1. The summed E-state index contributed by atoms with van der Waals surface area (Å²) in [5.41, 5.74) is 4.41. The van der Waals surface area contributed by atoms with E-state index < -0.39 is 0 Å². The Labute approximate surface area is 176 Å². The van der Waals surface area contributed by atoms with E-state index in [1.165, 1.54) is 5.56 Å². The molecule has 1 heterocycles. The number of fused-ring (bicyclic) bond motifs is 1. The monoisotopic (exact) mass is 398 g/mol. The maximum atomic E-state index is 12.5. The zero-order valence-electron chi connectivity index (χ0n) is 16.9. The molecule has 0 aliphatic carbocycles. The minimum Gasteiger partial charge on any atom is -0.338 e. The molecule has 0 aliphatic rings. The first-order chi connectivity index (χ1) is 14.8. The molecule has 152 valence electrons. The van der Waals surface area contributed by atoms with Gasteiger partial charge < -0.3 is 15.2 Å². The van der Waals surface area contributed by atoms with E-state index in [1.54, 1.807) is 0 Å². The van der Waals surface area contributed by atoms with Crippen molar-refractivity contribution in [3.63, 3.8) is 0 Å². The first-order valence-electron chi connectivity index (χ1n) is 10.3. The highest BCUT2D eigenvalue weighted by Gasteiger charge is 2.15. The van der Waals surface area contributed by atoms with Gasteiger partial charge in [0.15, 0.2) is 0 Å². The average molecular weight is 399 g/mol. The molecule has 0 fully saturated rings. The number of hydrogen-bond donors (Lipinski definition) is 2. The van der Waals surface area contributed by atoms with E-state index in [0.29, 0.717) is 6.54 Å². The predicted octanol–water partition coefficient (Wildman–Crippen LogP) is 4.71. The Bertz CT molecular complexity index is 1080. The number of rotatable bonds is 8. The molecule has 0 saturated carbocycles. The van der Waals surface area contributed by atoms with Crippen LogP contribution in [-0.4, -0.2) is 22.1 Å². The summed E-state index contributed by atoms with van der Waals surface area (Å²) in [4.78, 5) is 17.0. The van der Waals surface area contributed by atoms with E-state index in [-0.39, 0.29) is 12.1 Å². The second-order valence-electron chi connectivity index (χ2n) is 7.33. The van der Waals surface area contributed by atoms with Crippen LogP contribution in [0.3, 0.4) is 0 Å². The zero-order valence-corrected chi connectivity index (χ0v) is 16.9. The molecule has 4 aromatic rings. The highest BCUT2D eigenvalue weighted by molar-refractivity contribution is 5.75. The van der Waals surface area contributed by atoms with Gasteiger partial charge in [0.2, 0.25) is 0 Å². The SMILES string of the molecule is O=C(NCCCn1cnc2ccccc21)NC(Cc1ccccc1)c1ccccc1. The Morgan fingerprint density at radius 1 is 0.900 bits per heavy atom. The molecule has 1 unspecified atom stereocenters. The molecule has 5 heteroatoms. The van der Waals surface area contributed by atoms with Crippen LogP contribution in [0, 0.1) is 0 Å². The van der Waals surface area contributed by atoms with Crippen LogP contribution in [0.5, 0.6) is 0 Å². The summed E-state index contributed by atoms with van der Waals surface area (Å²) in [6.07, 6.45) is 3.44. The maximum absolute atomic E-state index is 12.5. The molecule has 1 atom stereocenters. The van der Waals surface area contributed by atoms with Crippen LogP contribution < -0.4 is 10.6 Å². The van der Waals surface area contributed by atoms with E-state index in [9.17, 15) is 4.79 Å². The number of para-hydroxylation sites is 2. The number of nitrogens with zero attached hydrogens (tertiary/aromatic N) is 2. The van der Waals surface area contributed by atoms with E-state index in [0.717, 1.165) is 36.0 Å². The molecule has 0 radical (unpaired) electrons. The molecule has 30 heavy (non-hydrogen) atoms. The van der Waals surface area contributed by atoms with Crippen molar-refractivity contribution in [1.82, 2.24) is 20.2 Å². The smallest absolute Gasteiger partial charge is 0.315 e. The molecule has 0 bridgehead atoms. The topological polar surface area (TPSA) is 59.0 Å². The largest absolute Gasteiger partial charge is 0.338 e. The number of urea groups is 1. The van der Waals surface area contributed by atoms with E-state index in [4.69, 9.17) is 0 Å². The van der Waals surface area contributed by atoms with Gasteiger partial charge in [-0.1, -0.05) is 72.8 Å². The first kappa shape index (κ1) is 19.7. The number of carbonyl (C=O) groups excluding carboxylic acids is 1. The van der Waals surface area contributed by atoms with Crippen molar-refractivity contribution < 1.29 is 4.79 Å². The number of benzene rings is 3. The van der Waals surface area contributed by atoms with Gasteiger partial charge in [0.1, 0.15) is 0 Å². The number of hydrogen-bond acceptors (Lipinski definition) is 2. The molecular formula is C25H26N4O. The molecule has 5 nitrogen and oxygen atoms in total. The van der Waals surface area contributed by atoms with Crippen molar-refractivity contribution in [2.75, 3.05) is 6.54 Å². The Morgan fingerprint density at radius 3 is 2.40 bits per heavy atom. The van der Waals surface area contributed by atoms with Gasteiger partial charge in [0.25, 0.3) is 0 Å². The lowest BCUT2D eigenvalue weighted by Gasteiger charge is -2.20. The third-order valence-corrected chi connectivity index (χ3v) is 5.18. The maximum Gasteiger partial charge on any atom is 0.315 e. The van der Waals surface area contributed by atoms with Crippen molar-refractivity contribution in [1.29, 1.82) is 0 Å².